The number of rotatable bonds is 4. The number of benzene rings is 1. The van der Waals surface area contributed by atoms with Crippen molar-refractivity contribution in [3.63, 3.8) is 0 Å². The number of aryl methyl sites for hydroxylation is 1. The number of nitrogens with zero attached hydrogens (tertiary/aromatic N) is 1. The fourth-order valence-electron chi connectivity index (χ4n) is 1.75. The van der Waals surface area contributed by atoms with Crippen LogP contribution in [0.1, 0.15) is 34.6 Å². The zero-order valence-electron chi connectivity index (χ0n) is 11.1. The van der Waals surface area contributed by atoms with Gasteiger partial charge in [0.25, 0.3) is 5.91 Å². The molecular weight excluding hydrogens is 260 g/mol. The third-order valence-electron chi connectivity index (χ3n) is 2.92. The first kappa shape index (κ1) is 13.8. The first-order chi connectivity index (χ1) is 9.47. The Balaban J connectivity index is 2.06. The highest BCUT2D eigenvalue weighted by atomic mass is 16.6. The Labute approximate surface area is 115 Å². The molecule has 2 rings (SSSR count). The van der Waals surface area contributed by atoms with Crippen molar-refractivity contribution in [1.29, 1.82) is 0 Å². The molecule has 0 spiro atoms. The molecule has 1 heterocycles. The van der Waals surface area contributed by atoms with Gasteiger partial charge in [0.05, 0.1) is 12.1 Å². The van der Waals surface area contributed by atoms with Crippen LogP contribution in [0.2, 0.25) is 0 Å². The van der Waals surface area contributed by atoms with Crippen molar-refractivity contribution in [3.8, 4) is 0 Å². The molecule has 0 bridgehead atoms. The van der Waals surface area contributed by atoms with E-state index in [1.54, 1.807) is 0 Å². The lowest BCUT2D eigenvalue weighted by Crippen LogP contribution is -2.26. The average Bonchev–Trinajstić information content (AvgIpc) is 2.89. The molecule has 1 amide bonds. The summed E-state index contributed by atoms with van der Waals surface area (Å²) in [6, 6.07) is 9.98. The van der Waals surface area contributed by atoms with Crippen LogP contribution in [-0.2, 0) is 0 Å². The molecule has 1 aromatic heterocycles. The van der Waals surface area contributed by atoms with Gasteiger partial charge in [0.2, 0.25) is 0 Å². The summed E-state index contributed by atoms with van der Waals surface area (Å²) in [5.74, 6) is -1.00. The predicted molar refractivity (Wildman–Crippen MR) is 72.4 cm³/mol. The van der Waals surface area contributed by atoms with Gasteiger partial charge in [0.1, 0.15) is 4.92 Å². The van der Waals surface area contributed by atoms with Crippen molar-refractivity contribution < 1.29 is 14.1 Å². The number of carbonyl (C=O) groups excluding carboxylic acids is 1. The maximum atomic E-state index is 11.9. The Morgan fingerprint density at radius 2 is 1.90 bits per heavy atom. The van der Waals surface area contributed by atoms with Gasteiger partial charge >= 0.3 is 5.88 Å². The second-order valence-corrected chi connectivity index (χ2v) is 4.50. The Morgan fingerprint density at radius 1 is 1.25 bits per heavy atom. The van der Waals surface area contributed by atoms with Gasteiger partial charge in [0.15, 0.2) is 5.76 Å². The van der Waals surface area contributed by atoms with Crippen molar-refractivity contribution in [2.24, 2.45) is 0 Å². The molecular formula is C14H14N2O4. The summed E-state index contributed by atoms with van der Waals surface area (Å²) in [5.41, 5.74) is 2.08. The molecule has 1 aromatic carbocycles. The van der Waals surface area contributed by atoms with Crippen LogP contribution in [-0.4, -0.2) is 10.8 Å². The van der Waals surface area contributed by atoms with E-state index in [0.717, 1.165) is 17.2 Å². The van der Waals surface area contributed by atoms with Gasteiger partial charge in [-0.2, -0.15) is 0 Å². The molecule has 0 aliphatic carbocycles. The number of nitro groups is 1. The lowest BCUT2D eigenvalue weighted by atomic mass is 10.1. The normalized spacial score (nSPS) is 11.9. The Bertz CT molecular complexity index is 631. The van der Waals surface area contributed by atoms with Gasteiger partial charge < -0.3 is 9.73 Å². The molecule has 0 fully saturated rings. The van der Waals surface area contributed by atoms with Crippen LogP contribution in [0.25, 0.3) is 0 Å². The van der Waals surface area contributed by atoms with Crippen molar-refractivity contribution in [3.05, 3.63) is 63.4 Å². The Kier molecular flexibility index (Phi) is 3.84. The maximum absolute atomic E-state index is 11.9. The molecule has 2 aromatic rings. The zero-order chi connectivity index (χ0) is 14.7. The van der Waals surface area contributed by atoms with Crippen LogP contribution >= 0.6 is 0 Å². The van der Waals surface area contributed by atoms with Crippen LogP contribution in [0.15, 0.2) is 40.8 Å². The van der Waals surface area contributed by atoms with E-state index in [1.807, 2.05) is 38.1 Å². The van der Waals surface area contributed by atoms with E-state index in [-0.39, 0.29) is 11.8 Å². The van der Waals surface area contributed by atoms with Gasteiger partial charge in [-0.15, -0.1) is 0 Å². The van der Waals surface area contributed by atoms with Crippen LogP contribution in [0.5, 0.6) is 0 Å². The lowest BCUT2D eigenvalue weighted by Gasteiger charge is -2.13. The molecule has 1 N–H and O–H groups in total. The highest BCUT2D eigenvalue weighted by Crippen LogP contribution is 2.18. The molecule has 104 valence electrons. The topological polar surface area (TPSA) is 85.4 Å². The molecule has 0 aliphatic rings. The Hall–Kier alpha value is -2.63. The molecule has 6 heteroatoms. The maximum Gasteiger partial charge on any atom is 0.433 e. The first-order valence-corrected chi connectivity index (χ1v) is 6.09. The van der Waals surface area contributed by atoms with Crippen LogP contribution in [0, 0.1) is 17.0 Å². The standard InChI is InChI=1S/C14H14N2O4/c1-9-3-5-11(6-4-9)10(2)15-14(17)12-7-8-13(20-12)16(18)19/h3-8,10H,1-2H3,(H,15,17). The molecule has 0 saturated heterocycles. The van der Waals surface area contributed by atoms with Crippen molar-refractivity contribution in [2.75, 3.05) is 0 Å². The number of hydrogen-bond acceptors (Lipinski definition) is 4. The Morgan fingerprint density at radius 3 is 2.45 bits per heavy atom. The van der Waals surface area contributed by atoms with Gasteiger partial charge in [-0.05, 0) is 25.5 Å². The fourth-order valence-corrected chi connectivity index (χ4v) is 1.75. The van der Waals surface area contributed by atoms with Crippen LogP contribution in [0.3, 0.4) is 0 Å². The van der Waals surface area contributed by atoms with E-state index < -0.39 is 16.7 Å². The summed E-state index contributed by atoms with van der Waals surface area (Å²) in [6.45, 7) is 3.81. The van der Waals surface area contributed by atoms with E-state index in [2.05, 4.69) is 5.32 Å². The van der Waals surface area contributed by atoms with Gasteiger partial charge in [-0.1, -0.05) is 29.8 Å². The zero-order valence-corrected chi connectivity index (χ0v) is 11.1. The summed E-state index contributed by atoms with van der Waals surface area (Å²) in [4.78, 5) is 21.7. The number of hydrogen-bond donors (Lipinski definition) is 1. The minimum Gasteiger partial charge on any atom is -0.395 e. The number of nitrogens with one attached hydrogen (secondary N) is 1. The van der Waals surface area contributed by atoms with E-state index in [4.69, 9.17) is 4.42 Å². The molecule has 1 unspecified atom stereocenters. The molecule has 0 saturated carbocycles. The third-order valence-corrected chi connectivity index (χ3v) is 2.92. The molecule has 6 nitrogen and oxygen atoms in total. The summed E-state index contributed by atoms with van der Waals surface area (Å²) in [7, 11) is 0. The van der Waals surface area contributed by atoms with Crippen molar-refractivity contribution in [1.82, 2.24) is 5.32 Å². The summed E-state index contributed by atoms with van der Waals surface area (Å²) in [6.07, 6.45) is 0. The van der Waals surface area contributed by atoms with E-state index in [0.29, 0.717) is 0 Å². The molecule has 0 radical (unpaired) electrons. The smallest absolute Gasteiger partial charge is 0.395 e. The predicted octanol–water partition coefficient (Wildman–Crippen LogP) is 2.99. The van der Waals surface area contributed by atoms with Crippen molar-refractivity contribution in [2.45, 2.75) is 19.9 Å². The monoisotopic (exact) mass is 274 g/mol. The first-order valence-electron chi connectivity index (χ1n) is 6.09. The largest absolute Gasteiger partial charge is 0.433 e. The van der Waals surface area contributed by atoms with Crippen LogP contribution in [0.4, 0.5) is 5.88 Å². The number of carbonyl (C=O) groups is 1. The quantitative estimate of drug-likeness (QED) is 0.686. The minimum atomic E-state index is -0.680. The second-order valence-electron chi connectivity index (χ2n) is 4.50. The molecule has 1 atom stereocenters. The summed E-state index contributed by atoms with van der Waals surface area (Å²) in [5, 5.41) is 13.2. The minimum absolute atomic E-state index is 0.0735. The average molecular weight is 274 g/mol. The number of furan rings is 1. The van der Waals surface area contributed by atoms with Crippen LogP contribution < -0.4 is 5.32 Å². The SMILES string of the molecule is Cc1ccc(C(C)NC(=O)c2ccc([N+](=O)[O-])o2)cc1. The second kappa shape index (κ2) is 5.56. The highest BCUT2D eigenvalue weighted by molar-refractivity contribution is 5.91. The number of amides is 1. The molecule has 20 heavy (non-hydrogen) atoms. The highest BCUT2D eigenvalue weighted by Gasteiger charge is 2.18. The summed E-state index contributed by atoms with van der Waals surface area (Å²) >= 11 is 0. The van der Waals surface area contributed by atoms with E-state index in [1.165, 1.54) is 6.07 Å². The summed E-state index contributed by atoms with van der Waals surface area (Å²) < 4.78 is 4.85. The van der Waals surface area contributed by atoms with Crippen molar-refractivity contribution >= 4 is 11.8 Å². The lowest BCUT2D eigenvalue weighted by molar-refractivity contribution is -0.402. The third kappa shape index (κ3) is 3.03. The van der Waals surface area contributed by atoms with Gasteiger partial charge in [-0.3, -0.25) is 14.9 Å². The van der Waals surface area contributed by atoms with E-state index in [9.17, 15) is 14.9 Å². The van der Waals surface area contributed by atoms with Gasteiger partial charge in [0, 0.05) is 0 Å². The van der Waals surface area contributed by atoms with E-state index >= 15 is 0 Å². The molecule has 0 aliphatic heterocycles. The van der Waals surface area contributed by atoms with Gasteiger partial charge in [-0.25, -0.2) is 0 Å². The fraction of sp³-hybridized carbons (Fsp3) is 0.214.